The minimum Gasteiger partial charge on any atom is -0.394 e. The van der Waals surface area contributed by atoms with Crippen LogP contribution in [0, 0.1) is 5.41 Å². The minimum absolute atomic E-state index is 0.00722. The molecule has 0 atom stereocenters. The predicted molar refractivity (Wildman–Crippen MR) is 59.3 cm³/mol. The first-order valence-electron chi connectivity index (χ1n) is 4.98. The third-order valence-corrected chi connectivity index (χ3v) is 1.04. The van der Waals surface area contributed by atoms with E-state index in [0.29, 0.717) is 0 Å². The van der Waals surface area contributed by atoms with Crippen LogP contribution in [0.1, 0.15) is 41.5 Å². The third-order valence-electron chi connectivity index (χ3n) is 1.04. The van der Waals surface area contributed by atoms with Crippen molar-refractivity contribution in [3.63, 3.8) is 0 Å². The molecule has 0 radical (unpaired) electrons. The van der Waals surface area contributed by atoms with Gasteiger partial charge in [-0.1, -0.05) is 20.8 Å². The summed E-state index contributed by atoms with van der Waals surface area (Å²) in [6, 6.07) is 0. The van der Waals surface area contributed by atoms with E-state index < -0.39 is 0 Å². The maximum Gasteiger partial charge on any atom is 0.0662 e. The van der Waals surface area contributed by atoms with Crippen LogP contribution >= 0.6 is 0 Å². The number of hydrogen-bond acceptors (Lipinski definition) is 3. The lowest BCUT2D eigenvalue weighted by Crippen LogP contribution is -2.26. The van der Waals surface area contributed by atoms with Gasteiger partial charge in [-0.3, -0.25) is 0 Å². The summed E-state index contributed by atoms with van der Waals surface area (Å²) in [5, 5.41) is 15.2. The molecule has 0 aromatic rings. The standard InChI is InChI=1S/C9H20O.C2H6O2/c1-8(2,3)7-10-9(4,5)6;3-1-2-4/h7H2,1-6H3;3-4H,1-2H2. The molecule has 0 aliphatic heterocycles. The largest absolute Gasteiger partial charge is 0.394 e. The predicted octanol–water partition coefficient (Wildman–Crippen LogP) is 1.82. The van der Waals surface area contributed by atoms with Gasteiger partial charge in [-0.2, -0.15) is 0 Å². The van der Waals surface area contributed by atoms with Gasteiger partial charge in [0.1, 0.15) is 0 Å². The fourth-order valence-electron chi connectivity index (χ4n) is 0.433. The third kappa shape index (κ3) is 22.6. The van der Waals surface area contributed by atoms with E-state index in [4.69, 9.17) is 14.9 Å². The molecule has 3 nitrogen and oxygen atoms in total. The number of rotatable bonds is 2. The van der Waals surface area contributed by atoms with E-state index in [9.17, 15) is 0 Å². The summed E-state index contributed by atoms with van der Waals surface area (Å²) in [5.74, 6) is 0. The highest BCUT2D eigenvalue weighted by atomic mass is 16.5. The molecule has 0 saturated carbocycles. The maximum absolute atomic E-state index is 7.62. The van der Waals surface area contributed by atoms with Crippen molar-refractivity contribution in [1.29, 1.82) is 0 Å². The maximum atomic E-state index is 7.62. The average molecular weight is 206 g/mol. The Kier molecular flexibility index (Phi) is 8.40. The van der Waals surface area contributed by atoms with E-state index in [1.165, 1.54) is 0 Å². The Balaban J connectivity index is 0. The fourth-order valence-corrected chi connectivity index (χ4v) is 0.433. The Morgan fingerprint density at radius 2 is 1.21 bits per heavy atom. The van der Waals surface area contributed by atoms with E-state index in [1.54, 1.807) is 0 Å². The van der Waals surface area contributed by atoms with Crippen LogP contribution in [-0.2, 0) is 4.74 Å². The summed E-state index contributed by atoms with van der Waals surface area (Å²) in [7, 11) is 0. The van der Waals surface area contributed by atoms with Gasteiger partial charge >= 0.3 is 0 Å². The van der Waals surface area contributed by atoms with E-state index in [2.05, 4.69) is 41.5 Å². The van der Waals surface area contributed by atoms with Gasteiger partial charge in [0.2, 0.25) is 0 Å². The first kappa shape index (κ1) is 16.3. The minimum atomic E-state index is -0.125. The summed E-state index contributed by atoms with van der Waals surface area (Å²) >= 11 is 0. The van der Waals surface area contributed by atoms with Crippen LogP contribution in [0.15, 0.2) is 0 Å². The molecule has 2 N–H and O–H groups in total. The molecule has 0 bridgehead atoms. The molecule has 0 aromatic heterocycles. The van der Waals surface area contributed by atoms with Crippen molar-refractivity contribution in [3.8, 4) is 0 Å². The topological polar surface area (TPSA) is 49.7 Å². The quantitative estimate of drug-likeness (QED) is 0.724. The molecule has 0 aliphatic carbocycles. The molecule has 0 unspecified atom stereocenters. The fraction of sp³-hybridized carbons (Fsp3) is 1.00. The second kappa shape index (κ2) is 7.21. The molecular formula is C11H26O3. The Hall–Kier alpha value is -0.120. The lowest BCUT2D eigenvalue weighted by Gasteiger charge is -2.26. The molecule has 14 heavy (non-hydrogen) atoms. The summed E-state index contributed by atoms with van der Waals surface area (Å²) in [4.78, 5) is 0. The van der Waals surface area contributed by atoms with Crippen LogP contribution < -0.4 is 0 Å². The number of hydrogen-bond donors (Lipinski definition) is 2. The molecule has 0 aliphatic rings. The number of ether oxygens (including phenoxy) is 1. The van der Waals surface area contributed by atoms with E-state index >= 15 is 0 Å². The smallest absolute Gasteiger partial charge is 0.0662 e. The molecular weight excluding hydrogens is 180 g/mol. The van der Waals surface area contributed by atoms with Gasteiger partial charge in [-0.25, -0.2) is 0 Å². The Morgan fingerprint density at radius 3 is 1.29 bits per heavy atom. The van der Waals surface area contributed by atoms with E-state index in [0.717, 1.165) is 6.61 Å². The van der Waals surface area contributed by atoms with Crippen molar-refractivity contribution in [2.24, 2.45) is 5.41 Å². The van der Waals surface area contributed by atoms with Gasteiger partial charge in [0.05, 0.1) is 25.4 Å². The van der Waals surface area contributed by atoms with Gasteiger partial charge in [-0.15, -0.1) is 0 Å². The lowest BCUT2D eigenvalue weighted by molar-refractivity contribution is -0.0382. The molecule has 0 rings (SSSR count). The second-order valence-electron chi connectivity index (χ2n) is 5.41. The zero-order valence-electron chi connectivity index (χ0n) is 10.4. The van der Waals surface area contributed by atoms with E-state index in [1.807, 2.05) is 0 Å². The Morgan fingerprint density at radius 1 is 0.857 bits per heavy atom. The van der Waals surface area contributed by atoms with Crippen molar-refractivity contribution in [2.75, 3.05) is 19.8 Å². The summed E-state index contributed by atoms with van der Waals surface area (Å²) in [5.41, 5.74) is 0.292. The van der Waals surface area contributed by atoms with Crippen LogP contribution in [0.3, 0.4) is 0 Å². The van der Waals surface area contributed by atoms with Crippen LogP contribution in [0.25, 0.3) is 0 Å². The Bertz CT molecular complexity index is 103. The molecule has 0 spiro atoms. The van der Waals surface area contributed by atoms with Crippen molar-refractivity contribution in [3.05, 3.63) is 0 Å². The van der Waals surface area contributed by atoms with Gasteiger partial charge in [0, 0.05) is 0 Å². The van der Waals surface area contributed by atoms with Crippen LogP contribution in [0.5, 0.6) is 0 Å². The first-order chi connectivity index (χ1) is 6.12. The lowest BCUT2D eigenvalue weighted by atomic mass is 9.98. The van der Waals surface area contributed by atoms with Gasteiger partial charge in [-0.05, 0) is 26.2 Å². The summed E-state index contributed by atoms with van der Waals surface area (Å²) in [6.45, 7) is 13.4. The number of aliphatic hydroxyl groups excluding tert-OH is 2. The summed E-state index contributed by atoms with van der Waals surface area (Å²) < 4.78 is 5.59. The van der Waals surface area contributed by atoms with Crippen molar-refractivity contribution in [1.82, 2.24) is 0 Å². The van der Waals surface area contributed by atoms with Crippen LogP contribution in [-0.4, -0.2) is 35.6 Å². The SMILES string of the molecule is CC(C)(C)COC(C)(C)C.OCCO. The molecule has 0 aromatic carbocycles. The highest BCUT2D eigenvalue weighted by Gasteiger charge is 2.16. The van der Waals surface area contributed by atoms with Crippen LogP contribution in [0.4, 0.5) is 0 Å². The first-order valence-corrected chi connectivity index (χ1v) is 4.98. The average Bonchev–Trinajstić information content (AvgIpc) is 1.99. The van der Waals surface area contributed by atoms with E-state index in [-0.39, 0.29) is 24.2 Å². The Labute approximate surface area is 88.1 Å². The summed E-state index contributed by atoms with van der Waals surface area (Å²) in [6.07, 6.45) is 0. The molecule has 3 heteroatoms. The normalized spacial score (nSPS) is 12.0. The molecule has 0 amide bonds. The van der Waals surface area contributed by atoms with Crippen LogP contribution in [0.2, 0.25) is 0 Å². The highest BCUT2D eigenvalue weighted by molar-refractivity contribution is 4.64. The second-order valence-corrected chi connectivity index (χ2v) is 5.41. The molecule has 88 valence electrons. The highest BCUT2D eigenvalue weighted by Crippen LogP contribution is 2.17. The molecule has 0 saturated heterocycles. The zero-order chi connectivity index (χ0) is 11.8. The van der Waals surface area contributed by atoms with Gasteiger partial charge in [0.15, 0.2) is 0 Å². The molecule has 0 fully saturated rings. The molecule has 0 heterocycles. The van der Waals surface area contributed by atoms with Crippen molar-refractivity contribution < 1.29 is 14.9 Å². The number of aliphatic hydroxyl groups is 2. The zero-order valence-corrected chi connectivity index (χ0v) is 10.4. The van der Waals surface area contributed by atoms with Gasteiger partial charge in [0.25, 0.3) is 0 Å². The van der Waals surface area contributed by atoms with Crippen molar-refractivity contribution >= 4 is 0 Å². The van der Waals surface area contributed by atoms with Gasteiger partial charge < -0.3 is 14.9 Å². The monoisotopic (exact) mass is 206 g/mol. The van der Waals surface area contributed by atoms with Crippen molar-refractivity contribution in [2.45, 2.75) is 47.1 Å².